The van der Waals surface area contributed by atoms with Gasteiger partial charge in [0.25, 0.3) is 0 Å². The van der Waals surface area contributed by atoms with E-state index in [-0.39, 0.29) is 5.56 Å². The van der Waals surface area contributed by atoms with Crippen molar-refractivity contribution in [2.24, 2.45) is 0 Å². The summed E-state index contributed by atoms with van der Waals surface area (Å²) in [5, 5.41) is 0.719. The van der Waals surface area contributed by atoms with Gasteiger partial charge in [-0.2, -0.15) is 0 Å². The molecule has 7 heteroatoms. The lowest BCUT2D eigenvalue weighted by atomic mass is 10.1. The van der Waals surface area contributed by atoms with Gasteiger partial charge in [0.2, 0.25) is 0 Å². The molecule has 0 aliphatic rings. The molecule has 23 heavy (non-hydrogen) atoms. The summed E-state index contributed by atoms with van der Waals surface area (Å²) >= 11 is 0. The van der Waals surface area contributed by atoms with Crippen molar-refractivity contribution in [3.63, 3.8) is 0 Å². The van der Waals surface area contributed by atoms with Crippen molar-refractivity contribution in [1.82, 2.24) is 0 Å². The van der Waals surface area contributed by atoms with E-state index in [1.54, 1.807) is 24.3 Å². The van der Waals surface area contributed by atoms with Crippen LogP contribution in [0.2, 0.25) is 0 Å². The Morgan fingerprint density at radius 1 is 0.870 bits per heavy atom. The van der Waals surface area contributed by atoms with E-state index >= 15 is 0 Å². The molecule has 0 aliphatic carbocycles. The first kappa shape index (κ1) is 17.7. The summed E-state index contributed by atoms with van der Waals surface area (Å²) in [7, 11) is 0.0256. The fourth-order valence-corrected chi connectivity index (χ4v) is 4.29. The number of halogens is 3. The van der Waals surface area contributed by atoms with Gasteiger partial charge in [0.15, 0.2) is 17.5 Å². The Kier molecular flexibility index (Phi) is 5.58. The molecule has 0 aliphatic heterocycles. The average Bonchev–Trinajstić information content (AvgIpc) is 2.57. The Bertz CT molecular complexity index is 650. The fraction of sp³-hybridized carbons (Fsp3) is 0.250. The maximum absolute atomic E-state index is 13.3. The number of rotatable bonds is 6. The summed E-state index contributed by atoms with van der Waals surface area (Å²) in [5.41, 5.74) is 0.782. The third-order valence-electron chi connectivity index (χ3n) is 3.43. The third kappa shape index (κ3) is 3.47. The van der Waals surface area contributed by atoms with E-state index < -0.39 is 26.3 Å². The first-order valence-electron chi connectivity index (χ1n) is 6.97. The molecule has 0 N–H and O–H groups in total. The first-order valence-corrected chi connectivity index (χ1v) is 8.69. The van der Waals surface area contributed by atoms with Crippen LogP contribution in [0.3, 0.4) is 0 Å². The van der Waals surface area contributed by atoms with Crippen LogP contribution in [0.4, 0.5) is 13.2 Å². The minimum atomic E-state index is -2.98. The van der Waals surface area contributed by atoms with Gasteiger partial charge in [-0.1, -0.05) is 24.3 Å². The van der Waals surface area contributed by atoms with Gasteiger partial charge < -0.3 is 13.3 Å². The summed E-state index contributed by atoms with van der Waals surface area (Å²) in [6, 6.07) is 8.63. The number of benzene rings is 2. The summed E-state index contributed by atoms with van der Waals surface area (Å²) in [5.74, 6) is -3.93. The van der Waals surface area contributed by atoms with Crippen molar-refractivity contribution in [3.8, 4) is 11.1 Å². The normalized spacial score (nSPS) is 11.7. The highest BCUT2D eigenvalue weighted by atomic mass is 28.4. The van der Waals surface area contributed by atoms with Gasteiger partial charge >= 0.3 is 8.80 Å². The van der Waals surface area contributed by atoms with Gasteiger partial charge in [0.05, 0.1) is 0 Å². The largest absolute Gasteiger partial charge is 0.536 e. The van der Waals surface area contributed by atoms with Gasteiger partial charge in [-0.25, -0.2) is 13.2 Å². The quantitative estimate of drug-likeness (QED) is 0.596. The van der Waals surface area contributed by atoms with Crippen LogP contribution < -0.4 is 5.19 Å². The second-order valence-electron chi connectivity index (χ2n) is 4.73. The molecule has 0 unspecified atom stereocenters. The summed E-state index contributed by atoms with van der Waals surface area (Å²) in [6.45, 7) is 2.25. The maximum Gasteiger partial charge on any atom is 0.536 e. The van der Waals surface area contributed by atoms with Crippen molar-refractivity contribution in [2.45, 2.75) is 6.92 Å². The average molecular weight is 342 g/mol. The molecule has 0 spiro atoms. The molecule has 0 saturated heterocycles. The standard InChI is InChI=1S/C16H17F3O3Si/c1-4-22-23(20-2,21-3)13-7-5-11(6-8-13)12-9-14(17)16(19)15(18)10-12/h5-10H,4H2,1-3H3. The van der Waals surface area contributed by atoms with Gasteiger partial charge in [-0.15, -0.1) is 0 Å². The van der Waals surface area contributed by atoms with E-state index in [4.69, 9.17) is 13.3 Å². The van der Waals surface area contributed by atoms with E-state index in [1.165, 1.54) is 14.2 Å². The molecule has 2 aromatic carbocycles. The Hall–Kier alpha value is -1.67. The molecule has 2 rings (SSSR count). The van der Waals surface area contributed by atoms with E-state index in [0.717, 1.165) is 17.3 Å². The van der Waals surface area contributed by atoms with Gasteiger partial charge in [0.1, 0.15) is 0 Å². The molecule has 0 fully saturated rings. The molecule has 3 nitrogen and oxygen atoms in total. The van der Waals surface area contributed by atoms with E-state index in [9.17, 15) is 13.2 Å². The van der Waals surface area contributed by atoms with Crippen molar-refractivity contribution in [2.75, 3.05) is 20.8 Å². The lowest BCUT2D eigenvalue weighted by molar-refractivity contribution is 0.120. The van der Waals surface area contributed by atoms with Crippen molar-refractivity contribution in [3.05, 3.63) is 53.8 Å². The molecule has 0 bridgehead atoms. The lowest BCUT2D eigenvalue weighted by Gasteiger charge is -2.26. The summed E-state index contributed by atoms with van der Waals surface area (Å²) < 4.78 is 56.2. The van der Waals surface area contributed by atoms with Crippen LogP contribution in [0.1, 0.15) is 6.92 Å². The second-order valence-corrected chi connectivity index (χ2v) is 7.52. The predicted octanol–water partition coefficient (Wildman–Crippen LogP) is 3.25. The molecule has 0 saturated carbocycles. The molecule has 0 amide bonds. The Morgan fingerprint density at radius 2 is 1.39 bits per heavy atom. The molecular formula is C16H17F3O3Si. The maximum atomic E-state index is 13.3. The van der Waals surface area contributed by atoms with Gasteiger partial charge in [0, 0.05) is 26.0 Å². The topological polar surface area (TPSA) is 27.7 Å². The van der Waals surface area contributed by atoms with E-state index in [2.05, 4.69) is 0 Å². The lowest BCUT2D eigenvalue weighted by Crippen LogP contribution is -2.55. The predicted molar refractivity (Wildman–Crippen MR) is 82.8 cm³/mol. The van der Waals surface area contributed by atoms with Crippen LogP contribution in [0.5, 0.6) is 0 Å². The van der Waals surface area contributed by atoms with Crippen molar-refractivity contribution < 1.29 is 26.4 Å². The zero-order valence-electron chi connectivity index (χ0n) is 13.0. The van der Waals surface area contributed by atoms with E-state index in [1.807, 2.05) is 6.92 Å². The Labute approximate surface area is 134 Å². The van der Waals surface area contributed by atoms with Crippen LogP contribution >= 0.6 is 0 Å². The first-order chi connectivity index (χ1) is 11.0. The Balaban J connectivity index is 2.39. The zero-order valence-corrected chi connectivity index (χ0v) is 14.0. The van der Waals surface area contributed by atoms with Gasteiger partial charge in [-0.3, -0.25) is 0 Å². The highest BCUT2D eigenvalue weighted by Crippen LogP contribution is 2.23. The third-order valence-corrected chi connectivity index (χ3v) is 6.21. The highest BCUT2D eigenvalue weighted by Gasteiger charge is 2.41. The molecule has 0 aromatic heterocycles. The fourth-order valence-electron chi connectivity index (χ4n) is 2.30. The summed E-state index contributed by atoms with van der Waals surface area (Å²) in [6.07, 6.45) is 0. The smallest absolute Gasteiger partial charge is 0.373 e. The monoisotopic (exact) mass is 342 g/mol. The molecule has 0 atom stereocenters. The number of hydrogen-bond acceptors (Lipinski definition) is 3. The minimum Gasteiger partial charge on any atom is -0.373 e. The summed E-state index contributed by atoms with van der Waals surface area (Å²) in [4.78, 5) is 0. The van der Waals surface area contributed by atoms with Gasteiger partial charge in [-0.05, 0) is 30.2 Å². The molecule has 2 aromatic rings. The van der Waals surface area contributed by atoms with Crippen molar-refractivity contribution >= 4 is 14.0 Å². The van der Waals surface area contributed by atoms with Crippen LogP contribution in [-0.2, 0) is 13.3 Å². The van der Waals surface area contributed by atoms with Crippen LogP contribution in [0, 0.1) is 17.5 Å². The molecular weight excluding hydrogens is 325 g/mol. The Morgan fingerprint density at radius 3 is 1.83 bits per heavy atom. The second kappa shape index (κ2) is 7.27. The van der Waals surface area contributed by atoms with Crippen LogP contribution in [0.15, 0.2) is 36.4 Å². The SMILES string of the molecule is CCO[Si](OC)(OC)c1ccc(-c2cc(F)c(F)c(F)c2)cc1. The van der Waals surface area contributed by atoms with Crippen LogP contribution in [0.25, 0.3) is 11.1 Å². The van der Waals surface area contributed by atoms with Crippen LogP contribution in [-0.4, -0.2) is 29.6 Å². The highest BCUT2D eigenvalue weighted by molar-refractivity contribution is 6.75. The zero-order chi connectivity index (χ0) is 17.0. The van der Waals surface area contributed by atoms with E-state index in [0.29, 0.717) is 12.2 Å². The van der Waals surface area contributed by atoms with Crippen molar-refractivity contribution in [1.29, 1.82) is 0 Å². The molecule has 124 valence electrons. The molecule has 0 radical (unpaired) electrons. The number of hydrogen-bond donors (Lipinski definition) is 0. The minimum absolute atomic E-state index is 0.242. The molecule has 0 heterocycles.